The van der Waals surface area contributed by atoms with Crippen LogP contribution in [0.5, 0.6) is 5.75 Å². The minimum atomic E-state index is 0.209. The Kier molecular flexibility index (Phi) is 1.09. The molecule has 0 bridgehead atoms. The van der Waals surface area contributed by atoms with Gasteiger partial charge in [-0.25, -0.2) is 9.97 Å². The van der Waals surface area contributed by atoms with Crippen molar-refractivity contribution in [2.24, 2.45) is 0 Å². The minimum absolute atomic E-state index is 0.209. The molecule has 0 aromatic carbocycles. The van der Waals surface area contributed by atoms with Gasteiger partial charge in [0, 0.05) is 5.92 Å². The van der Waals surface area contributed by atoms with Gasteiger partial charge >= 0.3 is 0 Å². The molecule has 0 amide bonds. The van der Waals surface area contributed by atoms with Gasteiger partial charge in [-0.3, -0.25) is 0 Å². The van der Waals surface area contributed by atoms with Crippen LogP contribution in [0.25, 0.3) is 0 Å². The van der Waals surface area contributed by atoms with Crippen LogP contribution in [-0.2, 0) is 0 Å². The molecule has 1 radical (unpaired) electrons. The van der Waals surface area contributed by atoms with Gasteiger partial charge in [0.15, 0.2) is 12.1 Å². The molecule has 0 unspecified atom stereocenters. The lowest BCUT2D eigenvalue weighted by molar-refractivity contribution is 0.460. The number of aromatic hydroxyl groups is 1. The van der Waals surface area contributed by atoms with Gasteiger partial charge in [0.25, 0.3) is 0 Å². The second-order valence-corrected chi connectivity index (χ2v) is 2.51. The molecule has 2 rings (SSSR count). The van der Waals surface area contributed by atoms with Crippen LogP contribution < -0.4 is 0 Å². The van der Waals surface area contributed by atoms with Gasteiger partial charge in [-0.05, 0) is 12.8 Å². The van der Waals surface area contributed by atoms with E-state index < -0.39 is 0 Å². The van der Waals surface area contributed by atoms with Gasteiger partial charge in [-0.2, -0.15) is 0 Å². The lowest BCUT2D eigenvalue weighted by Crippen LogP contribution is -1.87. The van der Waals surface area contributed by atoms with E-state index in [-0.39, 0.29) is 5.75 Å². The third-order valence-corrected chi connectivity index (χ3v) is 1.64. The van der Waals surface area contributed by atoms with Gasteiger partial charge in [-0.15, -0.1) is 0 Å². The van der Waals surface area contributed by atoms with E-state index in [0.29, 0.717) is 5.92 Å². The first kappa shape index (κ1) is 5.65. The topological polar surface area (TPSA) is 46.0 Å². The van der Waals surface area contributed by atoms with Crippen LogP contribution >= 0.6 is 0 Å². The van der Waals surface area contributed by atoms with Crippen LogP contribution in [0.2, 0.25) is 0 Å². The predicted octanol–water partition coefficient (Wildman–Crippen LogP) is 0.860. The Morgan fingerprint density at radius 3 is 3.00 bits per heavy atom. The van der Waals surface area contributed by atoms with E-state index in [0.717, 1.165) is 18.5 Å². The fourth-order valence-corrected chi connectivity index (χ4v) is 0.953. The molecule has 1 heterocycles. The summed E-state index contributed by atoms with van der Waals surface area (Å²) < 4.78 is 0. The highest BCUT2D eigenvalue weighted by Gasteiger charge is 2.27. The van der Waals surface area contributed by atoms with Crippen LogP contribution in [0.4, 0.5) is 0 Å². The van der Waals surface area contributed by atoms with E-state index in [1.54, 1.807) is 0 Å². The molecule has 0 spiro atoms. The highest BCUT2D eigenvalue weighted by molar-refractivity contribution is 5.27. The second-order valence-electron chi connectivity index (χ2n) is 2.51. The summed E-state index contributed by atoms with van der Waals surface area (Å²) in [5.41, 5.74) is 0.759. The quantitative estimate of drug-likeness (QED) is 0.621. The molecule has 1 aromatic rings. The molecule has 10 heavy (non-hydrogen) atoms. The first-order valence-electron chi connectivity index (χ1n) is 3.30. The third kappa shape index (κ3) is 0.835. The van der Waals surface area contributed by atoms with E-state index in [1.165, 1.54) is 6.20 Å². The summed E-state index contributed by atoms with van der Waals surface area (Å²) in [4.78, 5) is 7.42. The van der Waals surface area contributed by atoms with Crippen LogP contribution in [0.1, 0.15) is 24.5 Å². The van der Waals surface area contributed by atoms with E-state index in [4.69, 9.17) is 0 Å². The standard InChI is InChI=1S/C7H7N2O/c10-6-3-8-4-9-7(6)5-1-2-5/h3,5,10H,1-2H2. The van der Waals surface area contributed by atoms with Crippen LogP contribution in [0.3, 0.4) is 0 Å². The van der Waals surface area contributed by atoms with E-state index in [9.17, 15) is 5.11 Å². The average molecular weight is 135 g/mol. The summed E-state index contributed by atoms with van der Waals surface area (Å²) in [6.07, 6.45) is 6.13. The molecule has 0 atom stereocenters. The highest BCUT2D eigenvalue weighted by atomic mass is 16.3. The van der Waals surface area contributed by atoms with Gasteiger partial charge in [0.05, 0.1) is 11.9 Å². The summed E-state index contributed by atoms with van der Waals surface area (Å²) >= 11 is 0. The SMILES string of the molecule is Oc1cn[c]nc1C1CC1. The maximum Gasteiger partial charge on any atom is 0.198 e. The first-order chi connectivity index (χ1) is 4.88. The maximum absolute atomic E-state index is 9.18. The molecule has 1 aliphatic carbocycles. The van der Waals surface area contributed by atoms with Crippen molar-refractivity contribution in [3.05, 3.63) is 18.2 Å². The monoisotopic (exact) mass is 135 g/mol. The molecule has 3 nitrogen and oxygen atoms in total. The molecule has 1 N–H and O–H groups in total. The molecule has 0 aliphatic heterocycles. The average Bonchev–Trinajstić information content (AvgIpc) is 2.71. The second kappa shape index (κ2) is 1.94. The predicted molar refractivity (Wildman–Crippen MR) is 34.5 cm³/mol. The van der Waals surface area contributed by atoms with Crippen molar-refractivity contribution in [1.82, 2.24) is 9.97 Å². The number of aromatic nitrogens is 2. The Bertz CT molecular complexity index is 245. The zero-order chi connectivity index (χ0) is 6.97. The van der Waals surface area contributed by atoms with E-state index in [2.05, 4.69) is 16.3 Å². The van der Waals surface area contributed by atoms with Crippen molar-refractivity contribution < 1.29 is 5.11 Å². The summed E-state index contributed by atoms with van der Waals surface area (Å²) in [6, 6.07) is 0. The third-order valence-electron chi connectivity index (χ3n) is 1.64. The van der Waals surface area contributed by atoms with E-state index in [1.807, 2.05) is 0 Å². The molecule has 1 aromatic heterocycles. The zero-order valence-electron chi connectivity index (χ0n) is 5.41. The molecule has 1 saturated carbocycles. The maximum atomic E-state index is 9.18. The Balaban J connectivity index is 2.39. The van der Waals surface area contributed by atoms with Crippen molar-refractivity contribution >= 4 is 0 Å². The molecule has 51 valence electrons. The molecular weight excluding hydrogens is 128 g/mol. The van der Waals surface area contributed by atoms with Crippen molar-refractivity contribution in [3.8, 4) is 5.75 Å². The van der Waals surface area contributed by atoms with Crippen molar-refractivity contribution in [2.45, 2.75) is 18.8 Å². The highest BCUT2D eigenvalue weighted by Crippen LogP contribution is 2.41. The van der Waals surface area contributed by atoms with Crippen molar-refractivity contribution in [2.75, 3.05) is 0 Å². The van der Waals surface area contributed by atoms with Crippen LogP contribution in [0, 0.1) is 6.33 Å². The van der Waals surface area contributed by atoms with Crippen LogP contribution in [0.15, 0.2) is 6.20 Å². The Hall–Kier alpha value is -1.12. The van der Waals surface area contributed by atoms with Crippen molar-refractivity contribution in [3.63, 3.8) is 0 Å². The van der Waals surface area contributed by atoms with Gasteiger partial charge in [-0.1, -0.05) is 0 Å². The van der Waals surface area contributed by atoms with Gasteiger partial charge in [0.2, 0.25) is 0 Å². The first-order valence-corrected chi connectivity index (χ1v) is 3.30. The zero-order valence-corrected chi connectivity index (χ0v) is 5.41. The minimum Gasteiger partial charge on any atom is -0.504 e. The number of hydrogen-bond donors (Lipinski definition) is 1. The number of rotatable bonds is 1. The molecule has 1 aliphatic rings. The number of hydrogen-bond acceptors (Lipinski definition) is 3. The summed E-state index contributed by atoms with van der Waals surface area (Å²) in [5.74, 6) is 0.681. The lowest BCUT2D eigenvalue weighted by Gasteiger charge is -1.96. The molecule has 3 heteroatoms. The molecule has 0 saturated heterocycles. The largest absolute Gasteiger partial charge is 0.504 e. The van der Waals surface area contributed by atoms with Gasteiger partial charge < -0.3 is 5.11 Å². The smallest absolute Gasteiger partial charge is 0.198 e. The summed E-state index contributed by atoms with van der Waals surface area (Å²) in [6.45, 7) is 0. The fraction of sp³-hybridized carbons (Fsp3) is 0.429. The Morgan fingerprint density at radius 2 is 2.40 bits per heavy atom. The lowest BCUT2D eigenvalue weighted by atomic mass is 10.3. The fourth-order valence-electron chi connectivity index (χ4n) is 0.953. The van der Waals surface area contributed by atoms with Gasteiger partial charge in [0.1, 0.15) is 0 Å². The number of nitrogens with zero attached hydrogens (tertiary/aromatic N) is 2. The Labute approximate surface area is 58.8 Å². The summed E-state index contributed by atoms with van der Waals surface area (Å²) in [5, 5.41) is 9.18. The molecule has 1 fully saturated rings. The van der Waals surface area contributed by atoms with E-state index >= 15 is 0 Å². The Morgan fingerprint density at radius 1 is 1.60 bits per heavy atom. The molecular formula is C7H7N2O. The van der Waals surface area contributed by atoms with Crippen molar-refractivity contribution in [1.29, 1.82) is 0 Å². The normalized spacial score (nSPS) is 17.2. The summed E-state index contributed by atoms with van der Waals surface area (Å²) in [7, 11) is 0. The van der Waals surface area contributed by atoms with Crippen LogP contribution in [-0.4, -0.2) is 15.1 Å².